The van der Waals surface area contributed by atoms with Crippen molar-refractivity contribution in [3.8, 4) is 0 Å². The number of carbonyl (C=O) groups excluding carboxylic acids is 2. The van der Waals surface area contributed by atoms with Crippen LogP contribution in [0.25, 0.3) is 0 Å². The van der Waals surface area contributed by atoms with Crippen LogP contribution in [0, 0.1) is 11.8 Å². The normalized spacial score (nSPS) is 31.4. The molecule has 0 bridgehead atoms. The van der Waals surface area contributed by atoms with Crippen LogP contribution >= 0.6 is 0 Å². The highest BCUT2D eigenvalue weighted by atomic mass is 16.6. The smallest absolute Gasteiger partial charge is 0.309 e. The Balaban J connectivity index is 1.03. The van der Waals surface area contributed by atoms with Gasteiger partial charge in [-0.25, -0.2) is 0 Å². The Morgan fingerprint density at radius 3 is 1.29 bits per heavy atom. The van der Waals surface area contributed by atoms with Gasteiger partial charge in [0.25, 0.3) is 0 Å². The van der Waals surface area contributed by atoms with E-state index in [1.165, 1.54) is 77.0 Å². The molecular weight excluding hydrogens is 520 g/mol. The van der Waals surface area contributed by atoms with Gasteiger partial charge in [0, 0.05) is 0 Å². The van der Waals surface area contributed by atoms with Crippen LogP contribution in [-0.4, -0.2) is 61.8 Å². The van der Waals surface area contributed by atoms with Crippen molar-refractivity contribution >= 4 is 11.9 Å². The molecular formula is C34H58O7. The Morgan fingerprint density at radius 2 is 0.878 bits per heavy atom. The monoisotopic (exact) mass is 578 g/mol. The van der Waals surface area contributed by atoms with Gasteiger partial charge in [0.2, 0.25) is 0 Å². The third-order valence-corrected chi connectivity index (χ3v) is 9.57. The van der Waals surface area contributed by atoms with E-state index < -0.39 is 11.8 Å². The van der Waals surface area contributed by atoms with Crippen LogP contribution in [-0.2, 0) is 33.3 Å². The minimum atomic E-state index is -0.461. The molecule has 3 aliphatic heterocycles. The van der Waals surface area contributed by atoms with Crippen molar-refractivity contribution in [2.24, 2.45) is 11.8 Å². The number of rotatable bonds is 24. The molecule has 4 rings (SSSR count). The van der Waals surface area contributed by atoms with Crippen LogP contribution in [0.3, 0.4) is 0 Å². The van der Waals surface area contributed by atoms with Crippen LogP contribution < -0.4 is 0 Å². The topological polar surface area (TPSA) is 90.2 Å². The van der Waals surface area contributed by atoms with Crippen LogP contribution in [0.2, 0.25) is 0 Å². The van der Waals surface area contributed by atoms with Gasteiger partial charge in [-0.05, 0) is 51.4 Å². The molecule has 8 unspecified atom stereocenters. The average Bonchev–Trinajstić information content (AvgIpc) is 3.88. The molecule has 7 heteroatoms. The zero-order valence-electron chi connectivity index (χ0n) is 26.0. The number of epoxide rings is 3. The Labute approximate surface area is 249 Å². The quantitative estimate of drug-likeness (QED) is 0.0667. The van der Waals surface area contributed by atoms with E-state index in [0.717, 1.165) is 38.5 Å². The molecule has 1 aliphatic carbocycles. The maximum absolute atomic E-state index is 12.9. The number of unbranched alkanes of at least 4 members (excludes halogenated alkanes) is 10. The first-order valence-corrected chi connectivity index (χ1v) is 17.4. The molecule has 4 fully saturated rings. The predicted octanol–water partition coefficient (Wildman–Crippen LogP) is 7.46. The zero-order chi connectivity index (χ0) is 28.9. The molecule has 7 nitrogen and oxygen atoms in total. The summed E-state index contributed by atoms with van der Waals surface area (Å²) >= 11 is 0. The zero-order valence-corrected chi connectivity index (χ0v) is 26.0. The SMILES string of the molecule is CCCCCCCCC1OC1CCCOC(=O)C1CC2OC2CC1C(=O)OCCCC1OC1CCCCCCCC. The highest BCUT2D eigenvalue weighted by Gasteiger charge is 2.53. The largest absolute Gasteiger partial charge is 0.465 e. The molecule has 1 saturated carbocycles. The summed E-state index contributed by atoms with van der Waals surface area (Å²) in [4.78, 5) is 25.9. The molecule has 3 heterocycles. The van der Waals surface area contributed by atoms with Gasteiger partial charge in [-0.15, -0.1) is 0 Å². The molecule has 0 aromatic rings. The second-order valence-corrected chi connectivity index (χ2v) is 13.1. The van der Waals surface area contributed by atoms with E-state index in [4.69, 9.17) is 23.7 Å². The second-order valence-electron chi connectivity index (χ2n) is 13.1. The number of ether oxygens (including phenoxy) is 5. The first kappa shape index (κ1) is 32.7. The number of esters is 2. The second kappa shape index (κ2) is 17.8. The number of fused-ring (bicyclic) bond motifs is 1. The van der Waals surface area contributed by atoms with E-state index in [0.29, 0.717) is 50.5 Å². The lowest BCUT2D eigenvalue weighted by atomic mass is 9.79. The van der Waals surface area contributed by atoms with Gasteiger partial charge in [-0.1, -0.05) is 90.9 Å². The number of hydrogen-bond acceptors (Lipinski definition) is 7. The summed E-state index contributed by atoms with van der Waals surface area (Å²) in [5.41, 5.74) is 0. The first-order valence-electron chi connectivity index (χ1n) is 17.4. The van der Waals surface area contributed by atoms with Crippen molar-refractivity contribution in [1.82, 2.24) is 0 Å². The average molecular weight is 579 g/mol. The van der Waals surface area contributed by atoms with Gasteiger partial charge >= 0.3 is 11.9 Å². The molecule has 3 saturated heterocycles. The molecule has 0 spiro atoms. The highest BCUT2D eigenvalue weighted by Crippen LogP contribution is 2.44. The van der Waals surface area contributed by atoms with Crippen molar-refractivity contribution in [1.29, 1.82) is 0 Å². The van der Waals surface area contributed by atoms with Crippen molar-refractivity contribution in [3.63, 3.8) is 0 Å². The summed E-state index contributed by atoms with van der Waals surface area (Å²) in [6.07, 6.45) is 24.2. The molecule has 41 heavy (non-hydrogen) atoms. The highest BCUT2D eigenvalue weighted by molar-refractivity contribution is 5.82. The van der Waals surface area contributed by atoms with Gasteiger partial charge in [0.15, 0.2) is 0 Å². The van der Waals surface area contributed by atoms with E-state index in [2.05, 4.69) is 13.8 Å². The van der Waals surface area contributed by atoms with Crippen molar-refractivity contribution in [2.75, 3.05) is 13.2 Å². The lowest BCUT2D eigenvalue weighted by Crippen LogP contribution is -2.38. The Bertz CT molecular complexity index is 710. The van der Waals surface area contributed by atoms with Crippen molar-refractivity contribution in [3.05, 3.63) is 0 Å². The molecule has 0 radical (unpaired) electrons. The van der Waals surface area contributed by atoms with Crippen LogP contribution in [0.1, 0.15) is 142 Å². The summed E-state index contributed by atoms with van der Waals surface area (Å²) in [7, 11) is 0. The molecule has 0 aromatic carbocycles. The fourth-order valence-electron chi connectivity index (χ4n) is 6.70. The van der Waals surface area contributed by atoms with Crippen molar-refractivity contribution in [2.45, 2.75) is 179 Å². The summed E-state index contributed by atoms with van der Waals surface area (Å²) in [5, 5.41) is 0. The minimum Gasteiger partial charge on any atom is -0.465 e. The van der Waals surface area contributed by atoms with Gasteiger partial charge in [-0.3, -0.25) is 9.59 Å². The summed E-state index contributed by atoms with van der Waals surface area (Å²) in [5.74, 6) is -1.47. The standard InChI is InChI=1S/C34H58O7/c1-3-5-7-9-11-13-17-27-29(39-27)19-15-21-37-33(35)25-23-31-32(41-31)24-26(25)34(36)38-22-16-20-30-28(40-30)18-14-12-10-8-6-4-2/h25-32H,3-24H2,1-2H3. The first-order chi connectivity index (χ1) is 20.1. The van der Waals surface area contributed by atoms with Crippen molar-refractivity contribution < 1.29 is 33.3 Å². The molecule has 0 N–H and O–H groups in total. The van der Waals surface area contributed by atoms with Crippen LogP contribution in [0.5, 0.6) is 0 Å². The number of carbonyl (C=O) groups is 2. The van der Waals surface area contributed by atoms with Crippen LogP contribution in [0.4, 0.5) is 0 Å². The fraction of sp³-hybridized carbons (Fsp3) is 0.941. The van der Waals surface area contributed by atoms with E-state index in [-0.39, 0.29) is 24.1 Å². The lowest BCUT2D eigenvalue weighted by Gasteiger charge is -2.26. The van der Waals surface area contributed by atoms with Gasteiger partial charge in [0.05, 0.1) is 61.7 Å². The van der Waals surface area contributed by atoms with Gasteiger partial charge < -0.3 is 23.7 Å². The summed E-state index contributed by atoms with van der Waals surface area (Å²) < 4.78 is 28.6. The predicted molar refractivity (Wildman–Crippen MR) is 159 cm³/mol. The van der Waals surface area contributed by atoms with E-state index in [1.807, 2.05) is 0 Å². The molecule has 8 atom stereocenters. The maximum Gasteiger partial charge on any atom is 0.309 e. The van der Waals surface area contributed by atoms with Gasteiger partial charge in [-0.2, -0.15) is 0 Å². The Hall–Kier alpha value is -1.18. The van der Waals surface area contributed by atoms with Crippen LogP contribution in [0.15, 0.2) is 0 Å². The Morgan fingerprint density at radius 1 is 0.512 bits per heavy atom. The molecule has 4 aliphatic rings. The molecule has 0 aromatic heterocycles. The van der Waals surface area contributed by atoms with E-state index >= 15 is 0 Å². The molecule has 236 valence electrons. The number of hydrogen-bond donors (Lipinski definition) is 0. The third kappa shape index (κ3) is 11.8. The van der Waals surface area contributed by atoms with E-state index in [1.54, 1.807) is 0 Å². The lowest BCUT2D eigenvalue weighted by molar-refractivity contribution is -0.162. The minimum absolute atomic E-state index is 0.0924. The third-order valence-electron chi connectivity index (χ3n) is 9.57. The van der Waals surface area contributed by atoms with E-state index in [9.17, 15) is 9.59 Å². The Kier molecular flexibility index (Phi) is 14.2. The summed E-state index contributed by atoms with van der Waals surface area (Å²) in [6, 6.07) is 0. The van der Waals surface area contributed by atoms with Gasteiger partial charge in [0.1, 0.15) is 0 Å². The maximum atomic E-state index is 12.9. The summed E-state index contributed by atoms with van der Waals surface area (Å²) in [6.45, 7) is 5.27. The molecule has 0 amide bonds. The fourth-order valence-corrected chi connectivity index (χ4v) is 6.70.